The van der Waals surface area contributed by atoms with Crippen LogP contribution in [0.3, 0.4) is 0 Å². The number of hydrogen-bond donors (Lipinski definition) is 3. The summed E-state index contributed by atoms with van der Waals surface area (Å²) in [6.07, 6.45) is 0.495. The maximum Gasteiger partial charge on any atom is 0.336 e. The zero-order valence-corrected chi connectivity index (χ0v) is 14.9. The second-order valence-electron chi connectivity index (χ2n) is 5.74. The van der Waals surface area contributed by atoms with Crippen LogP contribution < -0.4 is 10.6 Å². The third-order valence-electron chi connectivity index (χ3n) is 3.51. The highest BCUT2D eigenvalue weighted by Crippen LogP contribution is 2.18. The third-order valence-corrected chi connectivity index (χ3v) is 3.51. The predicted octanol–water partition coefficient (Wildman–Crippen LogP) is 3.30. The second-order valence-corrected chi connectivity index (χ2v) is 5.74. The Balaban J connectivity index is 1.75. The van der Waals surface area contributed by atoms with Crippen molar-refractivity contribution in [1.82, 2.24) is 0 Å². The molecule has 0 aromatic heterocycles. The fourth-order valence-corrected chi connectivity index (χ4v) is 2.16. The number of rotatable bonds is 9. The van der Waals surface area contributed by atoms with Crippen molar-refractivity contribution < 1.29 is 19.4 Å². The molecule has 0 saturated carbocycles. The Morgan fingerprint density at radius 3 is 2.35 bits per heavy atom. The number of anilines is 3. The molecule has 138 valence electrons. The van der Waals surface area contributed by atoms with Crippen LogP contribution in [0.1, 0.15) is 6.92 Å². The van der Waals surface area contributed by atoms with E-state index in [1.165, 1.54) is 13.4 Å². The summed E-state index contributed by atoms with van der Waals surface area (Å²) < 4.78 is 9.75. The van der Waals surface area contributed by atoms with Crippen LogP contribution in [0.15, 0.2) is 66.4 Å². The number of aliphatic hydroxyl groups is 1. The van der Waals surface area contributed by atoms with Crippen LogP contribution in [0.2, 0.25) is 0 Å². The molecule has 0 fully saturated rings. The molecule has 26 heavy (non-hydrogen) atoms. The van der Waals surface area contributed by atoms with Gasteiger partial charge in [-0.3, -0.25) is 0 Å². The number of aliphatic hydroxyl groups excluding tert-OH is 1. The highest BCUT2D eigenvalue weighted by atomic mass is 16.5. The zero-order valence-electron chi connectivity index (χ0n) is 14.9. The minimum absolute atomic E-state index is 0.0889. The lowest BCUT2D eigenvalue weighted by Crippen LogP contribution is -2.26. The van der Waals surface area contributed by atoms with Crippen LogP contribution in [0.25, 0.3) is 0 Å². The molecular weight excluding hydrogens is 332 g/mol. The van der Waals surface area contributed by atoms with Crippen LogP contribution >= 0.6 is 0 Å². The Kier molecular flexibility index (Phi) is 7.51. The van der Waals surface area contributed by atoms with Crippen LogP contribution in [-0.4, -0.2) is 37.4 Å². The standard InChI is InChI=1S/C20H24N2O4/c1-15(13-25-2)20(24)26-14-19(23)12-21-16-8-10-18(11-9-16)22-17-6-4-3-5-7-17/h3-11,13,19,21-23H,12,14H2,1-2H3. The van der Waals surface area contributed by atoms with Gasteiger partial charge in [0.25, 0.3) is 0 Å². The number of para-hydroxylation sites is 1. The largest absolute Gasteiger partial charge is 0.504 e. The van der Waals surface area contributed by atoms with Gasteiger partial charge in [0, 0.05) is 23.6 Å². The van der Waals surface area contributed by atoms with E-state index in [9.17, 15) is 9.90 Å². The van der Waals surface area contributed by atoms with E-state index in [2.05, 4.69) is 10.6 Å². The van der Waals surface area contributed by atoms with E-state index in [1.807, 2.05) is 54.6 Å². The first-order chi connectivity index (χ1) is 12.6. The molecule has 2 rings (SSSR count). The average Bonchev–Trinajstić information content (AvgIpc) is 2.66. The Morgan fingerprint density at radius 2 is 1.69 bits per heavy atom. The van der Waals surface area contributed by atoms with Crippen LogP contribution in [-0.2, 0) is 14.3 Å². The van der Waals surface area contributed by atoms with Crippen LogP contribution in [0.5, 0.6) is 0 Å². The van der Waals surface area contributed by atoms with Gasteiger partial charge in [-0.25, -0.2) is 4.79 Å². The smallest absolute Gasteiger partial charge is 0.336 e. The summed E-state index contributed by atoms with van der Waals surface area (Å²) in [6.45, 7) is 1.77. The molecule has 6 nitrogen and oxygen atoms in total. The fourth-order valence-electron chi connectivity index (χ4n) is 2.16. The maximum absolute atomic E-state index is 11.6. The minimum atomic E-state index is -0.809. The Morgan fingerprint density at radius 1 is 1.08 bits per heavy atom. The van der Waals surface area contributed by atoms with E-state index in [4.69, 9.17) is 9.47 Å². The van der Waals surface area contributed by atoms with Crippen molar-refractivity contribution in [3.8, 4) is 0 Å². The molecule has 0 aliphatic carbocycles. The molecule has 2 aromatic carbocycles. The van der Waals surface area contributed by atoms with Crippen molar-refractivity contribution in [2.24, 2.45) is 0 Å². The van der Waals surface area contributed by atoms with Gasteiger partial charge >= 0.3 is 5.97 Å². The highest BCUT2D eigenvalue weighted by Gasteiger charge is 2.10. The van der Waals surface area contributed by atoms with Gasteiger partial charge < -0.3 is 25.2 Å². The fraction of sp³-hybridized carbons (Fsp3) is 0.250. The predicted molar refractivity (Wildman–Crippen MR) is 102 cm³/mol. The highest BCUT2D eigenvalue weighted by molar-refractivity contribution is 5.87. The van der Waals surface area contributed by atoms with Gasteiger partial charge in [0.05, 0.1) is 18.9 Å². The van der Waals surface area contributed by atoms with E-state index in [0.717, 1.165) is 17.1 Å². The van der Waals surface area contributed by atoms with Crippen molar-refractivity contribution in [1.29, 1.82) is 0 Å². The van der Waals surface area contributed by atoms with Gasteiger partial charge in [-0.2, -0.15) is 0 Å². The first-order valence-electron chi connectivity index (χ1n) is 8.29. The maximum atomic E-state index is 11.6. The Hall–Kier alpha value is -2.99. The topological polar surface area (TPSA) is 79.8 Å². The molecule has 6 heteroatoms. The number of ether oxygens (including phenoxy) is 2. The van der Waals surface area contributed by atoms with Gasteiger partial charge in [-0.15, -0.1) is 0 Å². The van der Waals surface area contributed by atoms with Crippen LogP contribution in [0.4, 0.5) is 17.1 Å². The number of benzene rings is 2. The zero-order chi connectivity index (χ0) is 18.8. The van der Waals surface area contributed by atoms with E-state index < -0.39 is 12.1 Å². The van der Waals surface area contributed by atoms with E-state index in [-0.39, 0.29) is 13.2 Å². The third kappa shape index (κ3) is 6.49. The molecule has 0 saturated heterocycles. The molecule has 1 atom stereocenters. The van der Waals surface area contributed by atoms with Crippen molar-refractivity contribution in [3.05, 3.63) is 66.4 Å². The normalized spacial score (nSPS) is 12.2. The minimum Gasteiger partial charge on any atom is -0.504 e. The quantitative estimate of drug-likeness (QED) is 0.363. The van der Waals surface area contributed by atoms with Crippen molar-refractivity contribution in [2.45, 2.75) is 13.0 Å². The summed E-state index contributed by atoms with van der Waals surface area (Å²) in [7, 11) is 1.45. The van der Waals surface area contributed by atoms with Crippen LogP contribution in [0, 0.1) is 0 Å². The molecule has 0 radical (unpaired) electrons. The van der Waals surface area contributed by atoms with Crippen molar-refractivity contribution in [2.75, 3.05) is 30.9 Å². The average molecular weight is 356 g/mol. The molecule has 0 bridgehead atoms. The monoisotopic (exact) mass is 356 g/mol. The van der Waals surface area contributed by atoms with E-state index >= 15 is 0 Å². The molecule has 2 aromatic rings. The van der Waals surface area contributed by atoms with Crippen molar-refractivity contribution in [3.63, 3.8) is 0 Å². The number of methoxy groups -OCH3 is 1. The summed E-state index contributed by atoms with van der Waals surface area (Å²) in [5.41, 5.74) is 3.19. The lowest BCUT2D eigenvalue weighted by Gasteiger charge is -2.14. The second kappa shape index (κ2) is 10.1. The number of nitrogens with one attached hydrogen (secondary N) is 2. The van der Waals surface area contributed by atoms with Gasteiger partial charge in [0.15, 0.2) is 0 Å². The summed E-state index contributed by atoms with van der Waals surface area (Å²) in [5, 5.41) is 16.3. The number of carbonyl (C=O) groups excluding carboxylic acids is 1. The molecule has 1 unspecified atom stereocenters. The molecular formula is C20H24N2O4. The first kappa shape index (κ1) is 19.3. The Bertz CT molecular complexity index is 714. The number of hydrogen-bond acceptors (Lipinski definition) is 6. The van der Waals surface area contributed by atoms with E-state index in [1.54, 1.807) is 6.92 Å². The molecule has 0 aliphatic rings. The SMILES string of the molecule is COC=C(C)C(=O)OCC(O)CNc1ccc(Nc2ccccc2)cc1. The lowest BCUT2D eigenvalue weighted by molar-refractivity contribution is -0.141. The molecule has 0 aliphatic heterocycles. The first-order valence-corrected chi connectivity index (χ1v) is 8.29. The Labute approximate surface area is 153 Å². The molecule has 0 amide bonds. The van der Waals surface area contributed by atoms with Gasteiger partial charge in [-0.05, 0) is 43.3 Å². The van der Waals surface area contributed by atoms with E-state index in [0.29, 0.717) is 5.57 Å². The number of esters is 1. The molecule has 0 heterocycles. The molecule has 3 N–H and O–H groups in total. The summed E-state index contributed by atoms with van der Waals surface area (Å²) in [4.78, 5) is 11.6. The summed E-state index contributed by atoms with van der Waals surface area (Å²) >= 11 is 0. The summed E-state index contributed by atoms with van der Waals surface area (Å²) in [6, 6.07) is 17.6. The van der Waals surface area contributed by atoms with Gasteiger partial charge in [-0.1, -0.05) is 18.2 Å². The molecule has 0 spiro atoms. The lowest BCUT2D eigenvalue weighted by atomic mass is 10.2. The summed E-state index contributed by atoms with van der Waals surface area (Å²) in [5.74, 6) is -0.512. The van der Waals surface area contributed by atoms with Crippen molar-refractivity contribution >= 4 is 23.0 Å². The van der Waals surface area contributed by atoms with Gasteiger partial charge in [0.1, 0.15) is 12.7 Å². The number of carbonyl (C=O) groups is 1. The van der Waals surface area contributed by atoms with Gasteiger partial charge in [0.2, 0.25) is 0 Å².